The van der Waals surface area contributed by atoms with Gasteiger partial charge in [-0.2, -0.15) is 0 Å². The fourth-order valence-electron chi connectivity index (χ4n) is 0.979. The third-order valence-electron chi connectivity index (χ3n) is 1.77. The summed E-state index contributed by atoms with van der Waals surface area (Å²) in [5.41, 5.74) is 0.752. The van der Waals surface area contributed by atoms with E-state index in [2.05, 4.69) is 10.6 Å². The molecule has 6 heteroatoms. The van der Waals surface area contributed by atoms with Crippen molar-refractivity contribution in [1.82, 2.24) is 5.32 Å². The van der Waals surface area contributed by atoms with E-state index in [4.69, 9.17) is 12.2 Å². The third kappa shape index (κ3) is 3.49. The Morgan fingerprint density at radius 1 is 1.27 bits per heavy atom. The quantitative estimate of drug-likeness (QED) is 0.760. The van der Waals surface area contributed by atoms with Crippen LogP contribution in [0.5, 0.6) is 0 Å². The van der Waals surface area contributed by atoms with Gasteiger partial charge in [-0.3, -0.25) is 0 Å². The summed E-state index contributed by atoms with van der Waals surface area (Å²) >= 11 is 4.90. The van der Waals surface area contributed by atoms with Crippen molar-refractivity contribution in [2.75, 3.05) is 18.6 Å². The maximum Gasteiger partial charge on any atom is 0.175 e. The van der Waals surface area contributed by atoms with E-state index in [-0.39, 0.29) is 0 Å². The molecule has 0 amide bonds. The van der Waals surface area contributed by atoms with E-state index in [0.717, 1.165) is 5.69 Å². The average molecular weight is 244 g/mol. The normalized spacial score (nSPS) is 10.8. The lowest BCUT2D eigenvalue weighted by atomic mass is 10.3. The molecule has 82 valence electrons. The van der Waals surface area contributed by atoms with E-state index in [1.807, 2.05) is 0 Å². The van der Waals surface area contributed by atoms with E-state index in [9.17, 15) is 8.42 Å². The minimum absolute atomic E-state index is 0.295. The summed E-state index contributed by atoms with van der Waals surface area (Å²) in [5, 5.41) is 6.14. The summed E-state index contributed by atoms with van der Waals surface area (Å²) in [6.07, 6.45) is 1.17. The minimum Gasteiger partial charge on any atom is -0.366 e. The van der Waals surface area contributed by atoms with Gasteiger partial charge in [0.2, 0.25) is 0 Å². The molecule has 0 aliphatic rings. The Hall–Kier alpha value is -1.14. The first kappa shape index (κ1) is 11.9. The first-order valence-corrected chi connectivity index (χ1v) is 6.52. The molecule has 0 unspecified atom stereocenters. The molecule has 1 rings (SSSR count). The molecule has 1 aromatic rings. The molecule has 0 atom stereocenters. The monoisotopic (exact) mass is 244 g/mol. The first-order valence-electron chi connectivity index (χ1n) is 4.22. The summed E-state index contributed by atoms with van der Waals surface area (Å²) in [4.78, 5) is 0.295. The van der Waals surface area contributed by atoms with Crippen LogP contribution in [0.3, 0.4) is 0 Å². The molecular formula is C9H12N2O2S2. The predicted molar refractivity (Wildman–Crippen MR) is 64.8 cm³/mol. The van der Waals surface area contributed by atoms with Crippen LogP contribution in [0.4, 0.5) is 5.69 Å². The summed E-state index contributed by atoms with van der Waals surface area (Å²) < 4.78 is 22.3. The van der Waals surface area contributed by atoms with Crippen LogP contribution in [-0.4, -0.2) is 26.8 Å². The Kier molecular flexibility index (Phi) is 3.65. The second-order valence-electron chi connectivity index (χ2n) is 3.00. The van der Waals surface area contributed by atoms with Gasteiger partial charge in [-0.1, -0.05) is 0 Å². The molecule has 0 radical (unpaired) electrons. The molecule has 0 saturated carbocycles. The second-order valence-corrected chi connectivity index (χ2v) is 5.42. The van der Waals surface area contributed by atoms with E-state index in [1.165, 1.54) is 18.4 Å². The molecule has 0 bridgehead atoms. The molecule has 15 heavy (non-hydrogen) atoms. The molecule has 0 spiro atoms. The maximum absolute atomic E-state index is 11.2. The fraction of sp³-hybridized carbons (Fsp3) is 0.222. The van der Waals surface area contributed by atoms with Gasteiger partial charge in [0, 0.05) is 19.0 Å². The Bertz CT molecular complexity index is 452. The molecule has 0 saturated heterocycles. The number of thiocarbonyl (C=S) groups is 1. The Morgan fingerprint density at radius 3 is 2.20 bits per heavy atom. The number of anilines is 1. The van der Waals surface area contributed by atoms with Crippen molar-refractivity contribution in [1.29, 1.82) is 0 Å². The van der Waals surface area contributed by atoms with Gasteiger partial charge in [0.1, 0.15) is 0 Å². The lowest BCUT2D eigenvalue weighted by Crippen LogP contribution is -2.24. The van der Waals surface area contributed by atoms with Crippen molar-refractivity contribution in [3.05, 3.63) is 24.3 Å². The van der Waals surface area contributed by atoms with Crippen molar-refractivity contribution in [2.24, 2.45) is 0 Å². The molecule has 0 heterocycles. The molecule has 0 aliphatic heterocycles. The molecular weight excluding hydrogens is 232 g/mol. The topological polar surface area (TPSA) is 58.2 Å². The van der Waals surface area contributed by atoms with Crippen LogP contribution in [0.15, 0.2) is 29.2 Å². The standard InChI is InChI=1S/C9H12N2O2S2/c1-10-9(14)11-7-3-5-8(6-4-7)15(2,12)13/h3-6H,1-2H3,(H2,10,11,14). The van der Waals surface area contributed by atoms with Crippen LogP contribution in [0.1, 0.15) is 0 Å². The van der Waals surface area contributed by atoms with Gasteiger partial charge in [-0.25, -0.2) is 8.42 Å². The highest BCUT2D eigenvalue weighted by molar-refractivity contribution is 7.90. The van der Waals surface area contributed by atoms with E-state index in [0.29, 0.717) is 10.0 Å². The zero-order valence-electron chi connectivity index (χ0n) is 8.44. The maximum atomic E-state index is 11.2. The van der Waals surface area contributed by atoms with Crippen LogP contribution in [0.2, 0.25) is 0 Å². The van der Waals surface area contributed by atoms with Crippen molar-refractivity contribution in [2.45, 2.75) is 4.90 Å². The Labute approximate surface area is 94.6 Å². The molecule has 4 nitrogen and oxygen atoms in total. The average Bonchev–Trinajstić information content (AvgIpc) is 2.17. The summed E-state index contributed by atoms with van der Waals surface area (Å²) in [6.45, 7) is 0. The van der Waals surface area contributed by atoms with Crippen LogP contribution in [-0.2, 0) is 9.84 Å². The fourth-order valence-corrected chi connectivity index (χ4v) is 1.73. The number of benzene rings is 1. The second kappa shape index (κ2) is 4.59. The molecule has 0 aromatic heterocycles. The first-order chi connectivity index (χ1) is 6.93. The van der Waals surface area contributed by atoms with E-state index < -0.39 is 9.84 Å². The number of hydrogen-bond donors (Lipinski definition) is 2. The van der Waals surface area contributed by atoms with Crippen molar-refractivity contribution in [3.63, 3.8) is 0 Å². The zero-order chi connectivity index (χ0) is 11.5. The Balaban J connectivity index is 2.86. The lowest BCUT2D eigenvalue weighted by Gasteiger charge is -2.07. The zero-order valence-corrected chi connectivity index (χ0v) is 10.1. The molecule has 2 N–H and O–H groups in total. The molecule has 1 aromatic carbocycles. The van der Waals surface area contributed by atoms with Gasteiger partial charge in [-0.15, -0.1) is 0 Å². The van der Waals surface area contributed by atoms with Gasteiger partial charge in [0.05, 0.1) is 4.90 Å². The van der Waals surface area contributed by atoms with E-state index >= 15 is 0 Å². The van der Waals surface area contributed by atoms with Crippen molar-refractivity contribution < 1.29 is 8.42 Å². The van der Waals surface area contributed by atoms with Gasteiger partial charge in [0.15, 0.2) is 14.9 Å². The van der Waals surface area contributed by atoms with Gasteiger partial charge in [-0.05, 0) is 36.5 Å². The third-order valence-corrected chi connectivity index (χ3v) is 3.20. The lowest BCUT2D eigenvalue weighted by molar-refractivity contribution is 0.602. The van der Waals surface area contributed by atoms with Crippen LogP contribution < -0.4 is 10.6 Å². The highest BCUT2D eigenvalue weighted by atomic mass is 32.2. The van der Waals surface area contributed by atoms with Crippen molar-refractivity contribution >= 4 is 32.9 Å². The summed E-state index contributed by atoms with van der Waals surface area (Å²) in [7, 11) is -1.42. The van der Waals surface area contributed by atoms with Gasteiger partial charge < -0.3 is 10.6 Å². The van der Waals surface area contributed by atoms with Crippen LogP contribution in [0.25, 0.3) is 0 Å². The Morgan fingerprint density at radius 2 is 1.80 bits per heavy atom. The number of sulfone groups is 1. The SMILES string of the molecule is CNC(=S)Nc1ccc(S(C)(=O)=O)cc1. The summed E-state index contributed by atoms with van der Waals surface area (Å²) in [6, 6.07) is 6.41. The molecule has 0 fully saturated rings. The van der Waals surface area contributed by atoms with Gasteiger partial charge in [0.25, 0.3) is 0 Å². The molecule has 0 aliphatic carbocycles. The summed E-state index contributed by atoms with van der Waals surface area (Å²) in [5.74, 6) is 0. The van der Waals surface area contributed by atoms with Crippen LogP contribution >= 0.6 is 12.2 Å². The van der Waals surface area contributed by atoms with Gasteiger partial charge >= 0.3 is 0 Å². The highest BCUT2D eigenvalue weighted by Gasteiger charge is 2.05. The number of nitrogens with one attached hydrogen (secondary N) is 2. The number of hydrogen-bond acceptors (Lipinski definition) is 3. The smallest absolute Gasteiger partial charge is 0.175 e. The number of rotatable bonds is 2. The highest BCUT2D eigenvalue weighted by Crippen LogP contribution is 2.13. The minimum atomic E-state index is -3.13. The van der Waals surface area contributed by atoms with E-state index in [1.54, 1.807) is 19.2 Å². The van der Waals surface area contributed by atoms with Crippen molar-refractivity contribution in [3.8, 4) is 0 Å². The predicted octanol–water partition coefficient (Wildman–Crippen LogP) is 1.01. The largest absolute Gasteiger partial charge is 0.366 e. The van der Waals surface area contributed by atoms with Crippen LogP contribution in [0, 0.1) is 0 Å².